The van der Waals surface area contributed by atoms with E-state index in [1.807, 2.05) is 25.1 Å². The number of fused-ring (bicyclic) bond motifs is 1. The van der Waals surface area contributed by atoms with Crippen LogP contribution in [0.2, 0.25) is 0 Å². The van der Waals surface area contributed by atoms with Gasteiger partial charge in [-0.3, -0.25) is 4.79 Å². The van der Waals surface area contributed by atoms with Gasteiger partial charge in [0.15, 0.2) is 4.77 Å². The van der Waals surface area contributed by atoms with E-state index in [0.717, 1.165) is 16.6 Å². The molecule has 0 aliphatic rings. The summed E-state index contributed by atoms with van der Waals surface area (Å²) in [5.41, 5.74) is 3.02. The zero-order valence-electron chi connectivity index (χ0n) is 9.82. The predicted octanol–water partition coefficient (Wildman–Crippen LogP) is 2.57. The second-order valence-corrected chi connectivity index (χ2v) is 4.23. The highest BCUT2D eigenvalue weighted by atomic mass is 32.1. The van der Waals surface area contributed by atoms with Gasteiger partial charge in [-0.15, -0.1) is 0 Å². The van der Waals surface area contributed by atoms with E-state index in [2.05, 4.69) is 4.98 Å². The van der Waals surface area contributed by atoms with Crippen molar-refractivity contribution in [2.24, 2.45) is 0 Å². The van der Waals surface area contributed by atoms with E-state index in [1.165, 1.54) is 0 Å². The average molecular weight is 250 g/mol. The zero-order chi connectivity index (χ0) is 12.4. The van der Waals surface area contributed by atoms with Crippen molar-refractivity contribution in [1.82, 2.24) is 9.55 Å². The van der Waals surface area contributed by atoms with E-state index in [1.54, 1.807) is 11.5 Å². The van der Waals surface area contributed by atoms with Crippen molar-refractivity contribution in [3.63, 3.8) is 0 Å². The number of benzene rings is 1. The molecule has 1 N–H and O–H groups in total. The summed E-state index contributed by atoms with van der Waals surface area (Å²) in [6, 6.07) is 5.95. The first-order valence-corrected chi connectivity index (χ1v) is 5.87. The first-order valence-electron chi connectivity index (χ1n) is 5.46. The van der Waals surface area contributed by atoms with Gasteiger partial charge in [0.25, 0.3) is 0 Å². The molecule has 2 aromatic rings. The van der Waals surface area contributed by atoms with Crippen molar-refractivity contribution in [2.45, 2.75) is 20.4 Å². The molecule has 0 saturated carbocycles. The Labute approximate surface area is 104 Å². The summed E-state index contributed by atoms with van der Waals surface area (Å²) >= 11 is 5.20. The topological polar surface area (TPSA) is 47.0 Å². The van der Waals surface area contributed by atoms with E-state index >= 15 is 0 Å². The van der Waals surface area contributed by atoms with Crippen LogP contribution in [-0.4, -0.2) is 22.1 Å². The lowest BCUT2D eigenvalue weighted by Gasteiger charge is -2.04. The number of carbonyl (C=O) groups excluding carboxylic acids is 1. The van der Waals surface area contributed by atoms with Gasteiger partial charge in [0, 0.05) is 0 Å². The van der Waals surface area contributed by atoms with Crippen LogP contribution in [-0.2, 0) is 16.1 Å². The Hall–Kier alpha value is -1.62. The van der Waals surface area contributed by atoms with Gasteiger partial charge >= 0.3 is 5.97 Å². The molecule has 90 valence electrons. The minimum atomic E-state index is -0.273. The van der Waals surface area contributed by atoms with Crippen LogP contribution >= 0.6 is 12.2 Å². The van der Waals surface area contributed by atoms with E-state index in [-0.39, 0.29) is 12.5 Å². The summed E-state index contributed by atoms with van der Waals surface area (Å²) in [5.74, 6) is -0.273. The average Bonchev–Trinajstić information content (AvgIpc) is 2.55. The SMILES string of the molecule is CCOC(=O)Cn1c(=S)[nH]c2cc(C)ccc21. The van der Waals surface area contributed by atoms with Crippen molar-refractivity contribution >= 4 is 29.2 Å². The number of imidazole rings is 1. The lowest BCUT2D eigenvalue weighted by Crippen LogP contribution is -2.13. The maximum atomic E-state index is 11.5. The van der Waals surface area contributed by atoms with Crippen molar-refractivity contribution in [3.8, 4) is 0 Å². The molecule has 0 radical (unpaired) electrons. The molecular weight excluding hydrogens is 236 g/mol. The molecule has 0 saturated heterocycles. The third-order valence-corrected chi connectivity index (χ3v) is 2.84. The second kappa shape index (κ2) is 4.71. The summed E-state index contributed by atoms with van der Waals surface area (Å²) in [4.78, 5) is 14.6. The van der Waals surface area contributed by atoms with Crippen LogP contribution in [0, 0.1) is 11.7 Å². The van der Waals surface area contributed by atoms with Gasteiger partial charge in [-0.1, -0.05) is 6.07 Å². The third-order valence-electron chi connectivity index (χ3n) is 2.52. The Balaban J connectivity index is 2.43. The van der Waals surface area contributed by atoms with E-state index < -0.39 is 0 Å². The largest absolute Gasteiger partial charge is 0.465 e. The molecule has 0 aliphatic carbocycles. The molecule has 0 unspecified atom stereocenters. The van der Waals surface area contributed by atoms with Gasteiger partial charge in [-0.2, -0.15) is 0 Å². The monoisotopic (exact) mass is 250 g/mol. The van der Waals surface area contributed by atoms with Crippen LogP contribution < -0.4 is 0 Å². The molecule has 5 heteroatoms. The minimum absolute atomic E-state index is 0.149. The highest BCUT2D eigenvalue weighted by Crippen LogP contribution is 2.15. The summed E-state index contributed by atoms with van der Waals surface area (Å²) in [5, 5.41) is 0. The number of aromatic nitrogens is 2. The van der Waals surface area contributed by atoms with Gasteiger partial charge < -0.3 is 14.3 Å². The van der Waals surface area contributed by atoms with Gasteiger partial charge in [0.1, 0.15) is 6.54 Å². The molecule has 0 fully saturated rings. The molecule has 1 aromatic carbocycles. The number of H-pyrrole nitrogens is 1. The highest BCUT2D eigenvalue weighted by Gasteiger charge is 2.09. The number of aromatic amines is 1. The first kappa shape index (κ1) is 11.9. The molecule has 17 heavy (non-hydrogen) atoms. The highest BCUT2D eigenvalue weighted by molar-refractivity contribution is 7.71. The molecule has 1 aromatic heterocycles. The Morgan fingerprint density at radius 2 is 2.29 bits per heavy atom. The summed E-state index contributed by atoms with van der Waals surface area (Å²) in [6.45, 7) is 4.33. The van der Waals surface area contributed by atoms with Crippen LogP contribution in [0.3, 0.4) is 0 Å². The van der Waals surface area contributed by atoms with Crippen molar-refractivity contribution < 1.29 is 9.53 Å². The summed E-state index contributed by atoms with van der Waals surface area (Å²) in [7, 11) is 0. The fraction of sp³-hybridized carbons (Fsp3) is 0.333. The van der Waals surface area contributed by atoms with E-state index in [4.69, 9.17) is 17.0 Å². The maximum absolute atomic E-state index is 11.5. The van der Waals surface area contributed by atoms with Gasteiger partial charge in [-0.25, -0.2) is 0 Å². The van der Waals surface area contributed by atoms with E-state index in [0.29, 0.717) is 11.4 Å². The van der Waals surface area contributed by atoms with Crippen molar-refractivity contribution in [1.29, 1.82) is 0 Å². The maximum Gasteiger partial charge on any atom is 0.326 e. The minimum Gasteiger partial charge on any atom is -0.465 e. The Morgan fingerprint density at radius 3 is 3.00 bits per heavy atom. The molecule has 0 aliphatic heterocycles. The van der Waals surface area contributed by atoms with Gasteiger partial charge in [0.05, 0.1) is 17.6 Å². The smallest absolute Gasteiger partial charge is 0.326 e. The first-order chi connectivity index (χ1) is 8.11. The van der Waals surface area contributed by atoms with Crippen LogP contribution in [0.15, 0.2) is 18.2 Å². The number of rotatable bonds is 3. The molecular formula is C12H14N2O2S. The lowest BCUT2D eigenvalue weighted by molar-refractivity contribution is -0.143. The molecule has 1 heterocycles. The Kier molecular flexibility index (Phi) is 3.28. The fourth-order valence-electron chi connectivity index (χ4n) is 1.77. The quantitative estimate of drug-likeness (QED) is 0.672. The van der Waals surface area contributed by atoms with Gasteiger partial charge in [-0.05, 0) is 43.8 Å². The normalized spacial score (nSPS) is 10.7. The lowest BCUT2D eigenvalue weighted by atomic mass is 10.2. The number of nitrogens with zero attached hydrogens (tertiary/aromatic N) is 1. The Bertz CT molecular complexity index is 612. The second-order valence-electron chi connectivity index (χ2n) is 3.84. The van der Waals surface area contributed by atoms with Crippen molar-refractivity contribution in [2.75, 3.05) is 6.61 Å². The molecule has 4 nitrogen and oxygen atoms in total. The molecule has 0 amide bonds. The third kappa shape index (κ3) is 2.39. The summed E-state index contributed by atoms with van der Waals surface area (Å²) < 4.78 is 7.22. The van der Waals surface area contributed by atoms with Crippen LogP contribution in [0.4, 0.5) is 0 Å². The zero-order valence-corrected chi connectivity index (χ0v) is 10.6. The number of carbonyl (C=O) groups is 1. The summed E-state index contributed by atoms with van der Waals surface area (Å²) in [6.07, 6.45) is 0. The van der Waals surface area contributed by atoms with Crippen LogP contribution in [0.1, 0.15) is 12.5 Å². The fourth-order valence-corrected chi connectivity index (χ4v) is 2.04. The Morgan fingerprint density at radius 1 is 1.53 bits per heavy atom. The van der Waals surface area contributed by atoms with Crippen molar-refractivity contribution in [3.05, 3.63) is 28.5 Å². The molecule has 0 bridgehead atoms. The number of nitrogens with one attached hydrogen (secondary N) is 1. The number of esters is 1. The number of hydrogen-bond acceptors (Lipinski definition) is 3. The standard InChI is InChI=1S/C12H14N2O2S/c1-3-16-11(15)7-14-10-5-4-8(2)6-9(10)13-12(14)17/h4-6H,3,7H2,1-2H3,(H,13,17). The molecule has 0 atom stereocenters. The predicted molar refractivity (Wildman–Crippen MR) is 68.5 cm³/mol. The van der Waals surface area contributed by atoms with Gasteiger partial charge in [0.2, 0.25) is 0 Å². The molecule has 2 rings (SSSR count). The molecule has 0 spiro atoms. The number of hydrogen-bond donors (Lipinski definition) is 1. The van der Waals surface area contributed by atoms with E-state index in [9.17, 15) is 4.79 Å². The van der Waals surface area contributed by atoms with Crippen LogP contribution in [0.5, 0.6) is 0 Å². The van der Waals surface area contributed by atoms with Crippen LogP contribution in [0.25, 0.3) is 11.0 Å². The number of ether oxygens (including phenoxy) is 1. The number of aryl methyl sites for hydroxylation is 1.